The van der Waals surface area contributed by atoms with Crippen LogP contribution in [0.5, 0.6) is 0 Å². The molecular formula is C22H21N5O3S. The molecule has 4 rings (SSSR count). The normalized spacial score (nSPS) is 11.4. The van der Waals surface area contributed by atoms with Gasteiger partial charge in [-0.2, -0.15) is 0 Å². The number of fused-ring (bicyclic) bond motifs is 1. The second kappa shape index (κ2) is 8.58. The topological polar surface area (TPSA) is 130 Å². The van der Waals surface area contributed by atoms with Crippen LogP contribution in [0.4, 0.5) is 11.4 Å². The third-order valence-electron chi connectivity index (χ3n) is 4.62. The highest BCUT2D eigenvalue weighted by Gasteiger charge is 2.15. The van der Waals surface area contributed by atoms with E-state index < -0.39 is 10.0 Å². The standard InChI is InChI=1S/C22H21N5O3S/c23-13-12-21-25-19-11-6-15(14-20(19)26-21)22(28)24-16-7-9-18(10-8-16)31(29,30)27-17-4-2-1-3-5-17/h1-11,14,27H,12-13,23H2,(H,24,28)(H,25,26). The van der Waals surface area contributed by atoms with Crippen LogP contribution in [0.25, 0.3) is 11.0 Å². The summed E-state index contributed by atoms with van der Waals surface area (Å²) in [7, 11) is -3.72. The fraction of sp³-hybridized carbons (Fsp3) is 0.0909. The van der Waals surface area contributed by atoms with Crippen LogP contribution in [0.1, 0.15) is 16.2 Å². The minimum atomic E-state index is -3.72. The summed E-state index contributed by atoms with van der Waals surface area (Å²) in [5, 5.41) is 2.77. The first kappa shape index (κ1) is 20.6. The monoisotopic (exact) mass is 435 g/mol. The Morgan fingerprint density at radius 1 is 0.968 bits per heavy atom. The number of nitrogens with one attached hydrogen (secondary N) is 3. The van der Waals surface area contributed by atoms with Gasteiger partial charge in [0.1, 0.15) is 5.82 Å². The van der Waals surface area contributed by atoms with E-state index in [-0.39, 0.29) is 10.8 Å². The zero-order valence-corrected chi connectivity index (χ0v) is 17.3. The Morgan fingerprint density at radius 3 is 2.42 bits per heavy atom. The molecule has 4 aromatic rings. The molecule has 31 heavy (non-hydrogen) atoms. The van der Waals surface area contributed by atoms with E-state index in [0.29, 0.717) is 29.9 Å². The largest absolute Gasteiger partial charge is 0.342 e. The van der Waals surface area contributed by atoms with E-state index in [1.54, 1.807) is 60.7 Å². The van der Waals surface area contributed by atoms with E-state index in [1.807, 2.05) is 0 Å². The lowest BCUT2D eigenvalue weighted by molar-refractivity contribution is 0.102. The molecule has 1 aromatic heterocycles. The Balaban J connectivity index is 1.47. The van der Waals surface area contributed by atoms with E-state index in [2.05, 4.69) is 20.0 Å². The fourth-order valence-corrected chi connectivity index (χ4v) is 4.16. The molecule has 1 amide bonds. The number of nitrogens with two attached hydrogens (primary N) is 1. The van der Waals surface area contributed by atoms with Crippen LogP contribution in [-0.4, -0.2) is 30.8 Å². The number of carbonyl (C=O) groups excluding carboxylic acids is 1. The van der Waals surface area contributed by atoms with Crippen molar-refractivity contribution in [2.75, 3.05) is 16.6 Å². The maximum absolute atomic E-state index is 12.6. The first-order chi connectivity index (χ1) is 14.9. The van der Waals surface area contributed by atoms with Gasteiger partial charge in [-0.15, -0.1) is 0 Å². The minimum absolute atomic E-state index is 0.0978. The molecule has 1 heterocycles. The highest BCUT2D eigenvalue weighted by molar-refractivity contribution is 7.92. The highest BCUT2D eigenvalue weighted by Crippen LogP contribution is 2.19. The molecule has 158 valence electrons. The van der Waals surface area contributed by atoms with Crippen molar-refractivity contribution >= 4 is 38.3 Å². The van der Waals surface area contributed by atoms with Gasteiger partial charge in [-0.05, 0) is 61.1 Å². The molecule has 0 fully saturated rings. The molecule has 0 atom stereocenters. The van der Waals surface area contributed by atoms with Crippen LogP contribution in [-0.2, 0) is 16.4 Å². The zero-order valence-electron chi connectivity index (χ0n) is 16.5. The van der Waals surface area contributed by atoms with Crippen molar-refractivity contribution in [1.29, 1.82) is 0 Å². The summed E-state index contributed by atoms with van der Waals surface area (Å²) in [6.07, 6.45) is 0.630. The van der Waals surface area contributed by atoms with Gasteiger partial charge in [0.05, 0.1) is 15.9 Å². The quantitative estimate of drug-likeness (QED) is 0.354. The highest BCUT2D eigenvalue weighted by atomic mass is 32.2. The number of benzene rings is 3. The Kier molecular flexibility index (Phi) is 5.70. The van der Waals surface area contributed by atoms with Gasteiger partial charge in [0.2, 0.25) is 0 Å². The Bertz CT molecular complexity index is 1320. The number of nitrogens with zero attached hydrogens (tertiary/aromatic N) is 1. The van der Waals surface area contributed by atoms with Gasteiger partial charge in [-0.3, -0.25) is 9.52 Å². The van der Waals surface area contributed by atoms with Gasteiger partial charge in [0.25, 0.3) is 15.9 Å². The van der Waals surface area contributed by atoms with E-state index >= 15 is 0 Å². The molecule has 9 heteroatoms. The van der Waals surface area contributed by atoms with E-state index in [9.17, 15) is 13.2 Å². The molecule has 0 radical (unpaired) electrons. The van der Waals surface area contributed by atoms with E-state index in [0.717, 1.165) is 16.9 Å². The Labute approximate surface area is 179 Å². The number of imidazole rings is 1. The summed E-state index contributed by atoms with van der Waals surface area (Å²) in [5.41, 5.74) is 8.49. The predicted molar refractivity (Wildman–Crippen MR) is 120 cm³/mol. The van der Waals surface area contributed by atoms with Gasteiger partial charge >= 0.3 is 0 Å². The van der Waals surface area contributed by atoms with E-state index in [1.165, 1.54) is 12.1 Å². The van der Waals surface area contributed by atoms with Crippen molar-refractivity contribution in [2.45, 2.75) is 11.3 Å². The molecule has 3 aromatic carbocycles. The van der Waals surface area contributed by atoms with Crippen LogP contribution >= 0.6 is 0 Å². The number of rotatable bonds is 7. The molecule has 0 spiro atoms. The lowest BCUT2D eigenvalue weighted by atomic mass is 10.2. The molecule has 0 saturated heterocycles. The molecule has 0 aliphatic carbocycles. The summed E-state index contributed by atoms with van der Waals surface area (Å²) in [5.74, 6) is 0.464. The average Bonchev–Trinajstić information content (AvgIpc) is 3.16. The summed E-state index contributed by atoms with van der Waals surface area (Å²) < 4.78 is 27.5. The maximum Gasteiger partial charge on any atom is 0.261 e. The van der Waals surface area contributed by atoms with Crippen LogP contribution in [0.15, 0.2) is 77.7 Å². The number of hydrogen-bond donors (Lipinski definition) is 4. The molecule has 0 aliphatic heterocycles. The van der Waals surface area contributed by atoms with Crippen molar-refractivity contribution in [2.24, 2.45) is 5.73 Å². The smallest absolute Gasteiger partial charge is 0.261 e. The number of aromatic nitrogens is 2. The van der Waals surface area contributed by atoms with Crippen molar-refractivity contribution in [3.05, 3.63) is 84.2 Å². The summed E-state index contributed by atoms with van der Waals surface area (Å²) in [6, 6.07) is 19.8. The third-order valence-corrected chi connectivity index (χ3v) is 6.02. The van der Waals surface area contributed by atoms with E-state index in [4.69, 9.17) is 5.73 Å². The number of aromatic amines is 1. The number of amides is 1. The second-order valence-electron chi connectivity index (χ2n) is 6.90. The van der Waals surface area contributed by atoms with Crippen LogP contribution in [0.3, 0.4) is 0 Å². The van der Waals surface area contributed by atoms with Gasteiger partial charge < -0.3 is 16.0 Å². The second-order valence-corrected chi connectivity index (χ2v) is 8.59. The molecule has 0 unspecified atom stereocenters. The first-order valence-corrected chi connectivity index (χ1v) is 11.1. The number of H-pyrrole nitrogens is 1. The van der Waals surface area contributed by atoms with Crippen LogP contribution in [0.2, 0.25) is 0 Å². The Morgan fingerprint density at radius 2 is 1.71 bits per heavy atom. The van der Waals surface area contributed by atoms with Gasteiger partial charge in [-0.25, -0.2) is 13.4 Å². The SMILES string of the molecule is NCCc1nc2ccc(C(=O)Nc3ccc(S(=O)(=O)Nc4ccccc4)cc3)cc2[nH]1. The predicted octanol–water partition coefficient (Wildman–Crippen LogP) is 3.12. The van der Waals surface area contributed by atoms with Crippen molar-refractivity contribution < 1.29 is 13.2 Å². The number of hydrogen-bond acceptors (Lipinski definition) is 5. The van der Waals surface area contributed by atoms with Gasteiger partial charge in [-0.1, -0.05) is 18.2 Å². The lowest BCUT2D eigenvalue weighted by Gasteiger charge is -2.09. The third kappa shape index (κ3) is 4.73. The number of anilines is 2. The van der Waals surface area contributed by atoms with Crippen LogP contribution in [0, 0.1) is 0 Å². The molecule has 0 saturated carbocycles. The molecule has 8 nitrogen and oxygen atoms in total. The molecule has 0 aliphatic rings. The number of carbonyl (C=O) groups is 1. The maximum atomic E-state index is 12.6. The summed E-state index contributed by atoms with van der Waals surface area (Å²) >= 11 is 0. The van der Waals surface area contributed by atoms with Gasteiger partial charge in [0, 0.05) is 23.4 Å². The lowest BCUT2D eigenvalue weighted by Crippen LogP contribution is -2.14. The fourth-order valence-electron chi connectivity index (χ4n) is 3.10. The summed E-state index contributed by atoms with van der Waals surface area (Å²) in [4.78, 5) is 20.3. The summed E-state index contributed by atoms with van der Waals surface area (Å²) in [6.45, 7) is 0.486. The Hall–Kier alpha value is -3.69. The molecule has 5 N–H and O–H groups in total. The van der Waals surface area contributed by atoms with Crippen molar-refractivity contribution in [1.82, 2.24) is 9.97 Å². The van der Waals surface area contributed by atoms with Crippen LogP contribution < -0.4 is 15.8 Å². The number of para-hydroxylation sites is 1. The van der Waals surface area contributed by atoms with Gasteiger partial charge in [0.15, 0.2) is 0 Å². The minimum Gasteiger partial charge on any atom is -0.342 e. The average molecular weight is 436 g/mol. The first-order valence-electron chi connectivity index (χ1n) is 9.62. The zero-order chi connectivity index (χ0) is 21.8. The molecule has 0 bridgehead atoms. The number of sulfonamides is 1. The van der Waals surface area contributed by atoms with Crippen molar-refractivity contribution in [3.63, 3.8) is 0 Å². The molecular weight excluding hydrogens is 414 g/mol. The van der Waals surface area contributed by atoms with Crippen molar-refractivity contribution in [3.8, 4) is 0 Å².